The smallest absolute Gasteiger partial charge is 0.170 e. The fourth-order valence-corrected chi connectivity index (χ4v) is 4.37. The van der Waals surface area contributed by atoms with Gasteiger partial charge in [-0.3, -0.25) is 9.79 Å². The Hall–Kier alpha value is -2.47. The summed E-state index contributed by atoms with van der Waals surface area (Å²) in [5, 5.41) is 4.13. The zero-order valence-electron chi connectivity index (χ0n) is 16.3. The molecule has 1 aliphatic rings. The van der Waals surface area contributed by atoms with Crippen molar-refractivity contribution in [1.82, 2.24) is 10.3 Å². The number of fused-ring (bicyclic) bond motifs is 1. The van der Waals surface area contributed by atoms with E-state index in [-0.39, 0.29) is 18.6 Å². The first-order valence-corrected chi connectivity index (χ1v) is 9.82. The fourth-order valence-electron chi connectivity index (χ4n) is 3.30. The van der Waals surface area contributed by atoms with Gasteiger partial charge in [0.05, 0.1) is 17.8 Å². The van der Waals surface area contributed by atoms with Crippen LogP contribution in [-0.4, -0.2) is 31.2 Å². The van der Waals surface area contributed by atoms with Gasteiger partial charge in [0.2, 0.25) is 0 Å². The number of rotatable bonds is 8. The summed E-state index contributed by atoms with van der Waals surface area (Å²) in [6.07, 6.45) is 10.7. The molecule has 1 saturated carbocycles. The monoisotopic (exact) mass is 398 g/mol. The van der Waals surface area contributed by atoms with Crippen LogP contribution in [0.25, 0.3) is 10.2 Å². The van der Waals surface area contributed by atoms with Gasteiger partial charge in [-0.1, -0.05) is 26.5 Å². The molecule has 1 fully saturated rings. The number of nitrogens with one attached hydrogen (secondary N) is 1. The number of allylic oxidation sites excluding steroid dienone is 2. The standard InChI is InChI=1S/C21H26N4OS.CH4/c1-6-15-11-21(15,3)8-10-22-13-23-12-16-18-17(25(4)5)7-9-24-20(18)27-19(16)14(2)26;/h6-10,13,15H,1,11-12H2,2-5H3,(H,22,23);1H4/b10-8+;. The average Bonchev–Trinajstić information content (AvgIpc) is 3.14. The highest BCUT2D eigenvalue weighted by Gasteiger charge is 2.45. The van der Waals surface area contributed by atoms with Crippen molar-refractivity contribution in [2.45, 2.75) is 34.2 Å². The summed E-state index contributed by atoms with van der Waals surface area (Å²) in [5.41, 5.74) is 2.22. The number of hydrogen-bond donors (Lipinski definition) is 1. The van der Waals surface area contributed by atoms with E-state index in [1.54, 1.807) is 19.5 Å². The van der Waals surface area contributed by atoms with Crippen molar-refractivity contribution < 1.29 is 4.79 Å². The summed E-state index contributed by atoms with van der Waals surface area (Å²) >= 11 is 1.44. The molecule has 2 aromatic heterocycles. The third kappa shape index (κ3) is 4.33. The van der Waals surface area contributed by atoms with E-state index >= 15 is 0 Å². The number of ketones is 1. The van der Waals surface area contributed by atoms with Gasteiger partial charge in [0.25, 0.3) is 0 Å². The van der Waals surface area contributed by atoms with Gasteiger partial charge in [0.1, 0.15) is 4.83 Å². The molecule has 1 N–H and O–H groups in total. The van der Waals surface area contributed by atoms with Crippen LogP contribution in [0.15, 0.2) is 42.2 Å². The molecule has 0 saturated heterocycles. The second-order valence-electron chi connectivity index (χ2n) is 7.39. The molecule has 6 heteroatoms. The minimum atomic E-state index is 0. The SMILES string of the molecule is C.C=CC1CC1(C)/C=C/NC=NCc1c(C(C)=O)sc2nccc(N(C)C)c12. The Kier molecular flexibility index (Phi) is 6.77. The predicted octanol–water partition coefficient (Wildman–Crippen LogP) is 5.04. The van der Waals surface area contributed by atoms with Gasteiger partial charge in [0, 0.05) is 36.9 Å². The first-order chi connectivity index (χ1) is 12.9. The number of carbonyl (C=O) groups excluding carboxylic acids is 1. The molecule has 5 nitrogen and oxygen atoms in total. The summed E-state index contributed by atoms with van der Waals surface area (Å²) in [5.74, 6) is 0.623. The van der Waals surface area contributed by atoms with Crippen LogP contribution in [-0.2, 0) is 6.54 Å². The molecule has 0 aromatic carbocycles. The highest BCUT2D eigenvalue weighted by molar-refractivity contribution is 7.20. The van der Waals surface area contributed by atoms with E-state index in [0.717, 1.165) is 32.8 Å². The van der Waals surface area contributed by atoms with E-state index in [2.05, 4.69) is 34.9 Å². The molecule has 1 aliphatic carbocycles. The third-order valence-electron chi connectivity index (χ3n) is 5.08. The summed E-state index contributed by atoms with van der Waals surface area (Å²) in [6.45, 7) is 8.12. The van der Waals surface area contributed by atoms with E-state index in [1.807, 2.05) is 37.3 Å². The van der Waals surface area contributed by atoms with E-state index in [1.165, 1.54) is 11.3 Å². The highest BCUT2D eigenvalue weighted by Crippen LogP contribution is 2.53. The second kappa shape index (κ2) is 8.69. The van der Waals surface area contributed by atoms with Crippen LogP contribution < -0.4 is 10.2 Å². The van der Waals surface area contributed by atoms with Crippen LogP contribution in [0.3, 0.4) is 0 Å². The molecule has 0 aliphatic heterocycles. The average molecular weight is 399 g/mol. The first-order valence-electron chi connectivity index (χ1n) is 9.00. The molecule has 0 spiro atoms. The zero-order chi connectivity index (χ0) is 19.6. The number of Topliss-reactive ketones (excluding diaryl/α,β-unsaturated/α-hetero) is 1. The molecule has 0 radical (unpaired) electrons. The van der Waals surface area contributed by atoms with Gasteiger partial charge in [-0.15, -0.1) is 17.9 Å². The van der Waals surface area contributed by atoms with Gasteiger partial charge < -0.3 is 10.2 Å². The van der Waals surface area contributed by atoms with Crippen molar-refractivity contribution in [3.05, 3.63) is 47.6 Å². The van der Waals surface area contributed by atoms with Gasteiger partial charge in [0.15, 0.2) is 5.78 Å². The Morgan fingerprint density at radius 2 is 2.29 bits per heavy atom. The van der Waals surface area contributed by atoms with Crippen LogP contribution in [0, 0.1) is 11.3 Å². The maximum Gasteiger partial charge on any atom is 0.170 e. The molecule has 2 aromatic rings. The molecule has 2 heterocycles. The molecule has 2 atom stereocenters. The Morgan fingerprint density at radius 1 is 1.54 bits per heavy atom. The lowest BCUT2D eigenvalue weighted by molar-refractivity contribution is 0.102. The molecule has 0 bridgehead atoms. The Bertz CT molecular complexity index is 928. The van der Waals surface area contributed by atoms with Crippen molar-refractivity contribution in [1.29, 1.82) is 0 Å². The van der Waals surface area contributed by atoms with Crippen molar-refractivity contribution in [3.8, 4) is 0 Å². The number of aliphatic imine (C=N–C) groups is 1. The van der Waals surface area contributed by atoms with Crippen molar-refractivity contribution >= 4 is 39.4 Å². The number of aromatic nitrogens is 1. The van der Waals surface area contributed by atoms with Crippen LogP contribution in [0.4, 0.5) is 5.69 Å². The van der Waals surface area contributed by atoms with E-state index in [9.17, 15) is 4.79 Å². The Labute approximate surface area is 171 Å². The molecular weight excluding hydrogens is 368 g/mol. The van der Waals surface area contributed by atoms with E-state index in [4.69, 9.17) is 0 Å². The maximum absolute atomic E-state index is 12.1. The summed E-state index contributed by atoms with van der Waals surface area (Å²) in [4.78, 5) is 24.7. The summed E-state index contributed by atoms with van der Waals surface area (Å²) in [7, 11) is 3.99. The molecule has 150 valence electrons. The predicted molar refractivity (Wildman–Crippen MR) is 122 cm³/mol. The quantitative estimate of drug-likeness (QED) is 0.293. The van der Waals surface area contributed by atoms with Crippen LogP contribution in [0.5, 0.6) is 0 Å². The van der Waals surface area contributed by atoms with Crippen LogP contribution >= 0.6 is 11.3 Å². The molecule has 3 rings (SSSR count). The second-order valence-corrected chi connectivity index (χ2v) is 8.39. The Balaban J connectivity index is 0.00000280. The molecule has 0 amide bonds. The lowest BCUT2D eigenvalue weighted by atomic mass is 10.1. The molecule has 28 heavy (non-hydrogen) atoms. The lowest BCUT2D eigenvalue weighted by Gasteiger charge is -2.14. The first kappa shape index (κ1) is 21.8. The topological polar surface area (TPSA) is 57.6 Å². The lowest BCUT2D eigenvalue weighted by Crippen LogP contribution is -2.09. The van der Waals surface area contributed by atoms with Crippen molar-refractivity contribution in [3.63, 3.8) is 0 Å². The summed E-state index contributed by atoms with van der Waals surface area (Å²) in [6, 6.07) is 1.97. The highest BCUT2D eigenvalue weighted by atomic mass is 32.1. The molecular formula is C22H30N4OS. The number of carbonyl (C=O) groups is 1. The van der Waals surface area contributed by atoms with Crippen LogP contribution in [0.1, 0.15) is 42.9 Å². The van der Waals surface area contributed by atoms with Gasteiger partial charge in [-0.2, -0.15) is 0 Å². The fraction of sp³-hybridized carbons (Fsp3) is 0.409. The normalized spacial score (nSPS) is 21.1. The van der Waals surface area contributed by atoms with E-state index in [0.29, 0.717) is 12.5 Å². The van der Waals surface area contributed by atoms with Crippen molar-refractivity contribution in [2.75, 3.05) is 19.0 Å². The van der Waals surface area contributed by atoms with Gasteiger partial charge in [-0.25, -0.2) is 4.98 Å². The number of pyridine rings is 1. The minimum absolute atomic E-state index is 0. The van der Waals surface area contributed by atoms with E-state index < -0.39 is 0 Å². The van der Waals surface area contributed by atoms with Crippen molar-refractivity contribution in [2.24, 2.45) is 16.3 Å². The number of thiophene rings is 1. The number of hydrogen-bond acceptors (Lipinski definition) is 5. The molecule has 2 unspecified atom stereocenters. The summed E-state index contributed by atoms with van der Waals surface area (Å²) < 4.78 is 0. The van der Waals surface area contributed by atoms with Gasteiger partial charge in [-0.05, 0) is 36.9 Å². The number of nitrogens with zero attached hydrogens (tertiary/aromatic N) is 3. The third-order valence-corrected chi connectivity index (χ3v) is 6.32. The van der Waals surface area contributed by atoms with Crippen LogP contribution in [0.2, 0.25) is 0 Å². The zero-order valence-corrected chi connectivity index (χ0v) is 17.1. The van der Waals surface area contributed by atoms with Gasteiger partial charge >= 0.3 is 0 Å². The minimum Gasteiger partial charge on any atom is -0.377 e. The maximum atomic E-state index is 12.1. The number of anilines is 1. The Morgan fingerprint density at radius 3 is 2.89 bits per heavy atom. The largest absolute Gasteiger partial charge is 0.377 e.